The minimum absolute atomic E-state index is 0.491. The second kappa shape index (κ2) is 5.44. The molecule has 1 rings (SSSR count). The predicted octanol–water partition coefficient (Wildman–Crippen LogP) is 3.14. The molecule has 0 spiro atoms. The van der Waals surface area contributed by atoms with Gasteiger partial charge in [-0.1, -0.05) is 29.8 Å². The van der Waals surface area contributed by atoms with Crippen LogP contribution in [0, 0.1) is 12.8 Å². The van der Waals surface area contributed by atoms with Gasteiger partial charge in [-0.25, -0.2) is 9.97 Å². The van der Waals surface area contributed by atoms with Crippen molar-refractivity contribution >= 4 is 15.9 Å². The van der Waals surface area contributed by atoms with E-state index < -0.39 is 0 Å². The van der Waals surface area contributed by atoms with E-state index in [1.54, 1.807) is 0 Å². The number of aromatic nitrogens is 2. The Hall–Kier alpha value is -0.440. The van der Waals surface area contributed by atoms with Gasteiger partial charge < -0.3 is 0 Å². The molecule has 1 atom stereocenters. The lowest BCUT2D eigenvalue weighted by Crippen LogP contribution is -2.09. The maximum atomic E-state index is 4.28. The van der Waals surface area contributed by atoms with Crippen LogP contribution in [0.4, 0.5) is 0 Å². The van der Waals surface area contributed by atoms with Gasteiger partial charge in [0.15, 0.2) is 0 Å². The minimum Gasteiger partial charge on any atom is -0.241 e. The van der Waals surface area contributed by atoms with Crippen LogP contribution in [0.3, 0.4) is 0 Å². The lowest BCUT2D eigenvalue weighted by Gasteiger charge is -2.10. The summed E-state index contributed by atoms with van der Waals surface area (Å²) in [6, 6.07) is 0. The van der Waals surface area contributed by atoms with Crippen LogP contribution < -0.4 is 0 Å². The maximum Gasteiger partial charge on any atom is 0.129 e. The number of hydrogen-bond acceptors (Lipinski definition) is 2. The molecular formula is C11H17BrN2. The molecule has 2 nitrogen and oxygen atoms in total. The molecule has 1 aromatic heterocycles. The Bertz CT molecular complexity index is 269. The van der Waals surface area contributed by atoms with Gasteiger partial charge in [-0.15, -0.1) is 0 Å². The summed E-state index contributed by atoms with van der Waals surface area (Å²) in [5, 5.41) is 0. The van der Waals surface area contributed by atoms with Crippen molar-refractivity contribution in [2.24, 2.45) is 5.92 Å². The highest BCUT2D eigenvalue weighted by molar-refractivity contribution is 9.09. The van der Waals surface area contributed by atoms with E-state index in [0.717, 1.165) is 24.2 Å². The van der Waals surface area contributed by atoms with Crippen molar-refractivity contribution in [1.29, 1.82) is 0 Å². The summed E-state index contributed by atoms with van der Waals surface area (Å²) in [4.78, 5) is 9.06. The van der Waals surface area contributed by atoms with E-state index in [0.29, 0.717) is 10.7 Å². The van der Waals surface area contributed by atoms with Gasteiger partial charge in [-0.2, -0.15) is 0 Å². The number of alkyl halides is 1. The Balaban J connectivity index is 2.47. The average Bonchev–Trinajstić information content (AvgIpc) is 2.07. The second-order valence-corrected chi connectivity index (χ2v) is 5.40. The molecule has 0 amide bonds. The van der Waals surface area contributed by atoms with Gasteiger partial charge in [0, 0.05) is 23.6 Å². The molecule has 0 aliphatic carbocycles. The van der Waals surface area contributed by atoms with E-state index in [1.807, 2.05) is 19.3 Å². The van der Waals surface area contributed by atoms with Crippen molar-refractivity contribution in [2.45, 2.75) is 38.4 Å². The number of aryl methyl sites for hydroxylation is 1. The fraction of sp³-hybridized carbons (Fsp3) is 0.636. The first kappa shape index (κ1) is 11.6. The molecule has 0 fully saturated rings. The van der Waals surface area contributed by atoms with Crippen LogP contribution in [0.2, 0.25) is 0 Å². The topological polar surface area (TPSA) is 25.8 Å². The molecule has 78 valence electrons. The van der Waals surface area contributed by atoms with Gasteiger partial charge in [-0.05, 0) is 24.8 Å². The van der Waals surface area contributed by atoms with Gasteiger partial charge in [-0.3, -0.25) is 0 Å². The average molecular weight is 257 g/mol. The monoisotopic (exact) mass is 256 g/mol. The van der Waals surface area contributed by atoms with Crippen LogP contribution in [-0.2, 0) is 6.42 Å². The second-order valence-electron chi connectivity index (χ2n) is 4.11. The standard InChI is InChI=1S/C11H17BrN2/c1-8(2)4-10(12)5-11-13-6-9(3)7-14-11/h6-8,10H,4-5H2,1-3H3. The van der Waals surface area contributed by atoms with E-state index >= 15 is 0 Å². The first-order chi connectivity index (χ1) is 6.58. The Kier molecular flexibility index (Phi) is 4.52. The summed E-state index contributed by atoms with van der Waals surface area (Å²) in [5.74, 6) is 1.64. The third-order valence-corrected chi connectivity index (χ3v) is 2.66. The van der Waals surface area contributed by atoms with Crippen molar-refractivity contribution in [3.05, 3.63) is 23.8 Å². The summed E-state index contributed by atoms with van der Waals surface area (Å²) in [5.41, 5.74) is 1.11. The van der Waals surface area contributed by atoms with E-state index in [2.05, 4.69) is 39.7 Å². The molecule has 0 radical (unpaired) electrons. The molecule has 0 bridgehead atoms. The minimum atomic E-state index is 0.491. The normalized spacial score (nSPS) is 13.2. The Morgan fingerprint density at radius 3 is 2.36 bits per heavy atom. The van der Waals surface area contributed by atoms with Crippen LogP contribution in [0.1, 0.15) is 31.7 Å². The summed E-state index contributed by atoms with van der Waals surface area (Å²) in [6.07, 6.45) is 5.82. The largest absolute Gasteiger partial charge is 0.241 e. The predicted molar refractivity (Wildman–Crippen MR) is 62.6 cm³/mol. The number of hydrogen-bond donors (Lipinski definition) is 0. The van der Waals surface area contributed by atoms with Crippen LogP contribution in [0.5, 0.6) is 0 Å². The van der Waals surface area contributed by atoms with Crippen LogP contribution in [0.25, 0.3) is 0 Å². The number of halogens is 1. The fourth-order valence-electron chi connectivity index (χ4n) is 1.32. The molecule has 1 aromatic rings. The number of rotatable bonds is 4. The van der Waals surface area contributed by atoms with E-state index in [1.165, 1.54) is 0 Å². The molecule has 14 heavy (non-hydrogen) atoms. The van der Waals surface area contributed by atoms with Gasteiger partial charge in [0.05, 0.1) is 0 Å². The molecule has 1 heterocycles. The lowest BCUT2D eigenvalue weighted by atomic mass is 10.1. The first-order valence-electron chi connectivity index (χ1n) is 4.99. The lowest BCUT2D eigenvalue weighted by molar-refractivity contribution is 0.565. The number of nitrogens with zero attached hydrogens (tertiary/aromatic N) is 2. The van der Waals surface area contributed by atoms with E-state index in [9.17, 15) is 0 Å². The zero-order valence-electron chi connectivity index (χ0n) is 9.00. The van der Waals surface area contributed by atoms with Crippen molar-refractivity contribution in [1.82, 2.24) is 9.97 Å². The van der Waals surface area contributed by atoms with Crippen molar-refractivity contribution in [3.8, 4) is 0 Å². The van der Waals surface area contributed by atoms with Gasteiger partial charge in [0.2, 0.25) is 0 Å². The first-order valence-corrected chi connectivity index (χ1v) is 5.91. The van der Waals surface area contributed by atoms with Gasteiger partial charge in [0.1, 0.15) is 5.82 Å². The third-order valence-electron chi connectivity index (χ3n) is 1.97. The highest BCUT2D eigenvalue weighted by atomic mass is 79.9. The summed E-state index contributed by atoms with van der Waals surface area (Å²) >= 11 is 3.65. The molecule has 1 unspecified atom stereocenters. The van der Waals surface area contributed by atoms with E-state index in [4.69, 9.17) is 0 Å². The van der Waals surface area contributed by atoms with Crippen LogP contribution in [-0.4, -0.2) is 14.8 Å². The third kappa shape index (κ3) is 4.18. The molecule has 0 aliphatic heterocycles. The molecule has 0 aliphatic rings. The summed E-state index contributed by atoms with van der Waals surface area (Å²) in [7, 11) is 0. The van der Waals surface area contributed by atoms with Crippen LogP contribution in [0.15, 0.2) is 12.4 Å². The molecule has 3 heteroatoms. The highest BCUT2D eigenvalue weighted by Gasteiger charge is 2.09. The molecule has 0 saturated heterocycles. The molecular weight excluding hydrogens is 240 g/mol. The summed E-state index contributed by atoms with van der Waals surface area (Å²) < 4.78 is 0. The molecule has 0 N–H and O–H groups in total. The SMILES string of the molecule is Cc1cnc(CC(Br)CC(C)C)nc1. The van der Waals surface area contributed by atoms with Crippen LogP contribution >= 0.6 is 15.9 Å². The summed E-state index contributed by atoms with van der Waals surface area (Å²) in [6.45, 7) is 6.46. The van der Waals surface area contributed by atoms with Gasteiger partial charge >= 0.3 is 0 Å². The highest BCUT2D eigenvalue weighted by Crippen LogP contribution is 2.15. The Labute approximate surface area is 94.3 Å². The zero-order valence-corrected chi connectivity index (χ0v) is 10.6. The zero-order chi connectivity index (χ0) is 10.6. The fourth-order valence-corrected chi connectivity index (χ4v) is 2.35. The van der Waals surface area contributed by atoms with Crippen molar-refractivity contribution in [2.75, 3.05) is 0 Å². The molecule has 0 aromatic carbocycles. The Morgan fingerprint density at radius 2 is 1.86 bits per heavy atom. The van der Waals surface area contributed by atoms with Crippen molar-refractivity contribution < 1.29 is 0 Å². The maximum absolute atomic E-state index is 4.28. The van der Waals surface area contributed by atoms with Gasteiger partial charge in [0.25, 0.3) is 0 Å². The Morgan fingerprint density at radius 1 is 1.29 bits per heavy atom. The smallest absolute Gasteiger partial charge is 0.129 e. The van der Waals surface area contributed by atoms with E-state index in [-0.39, 0.29) is 0 Å². The quantitative estimate of drug-likeness (QED) is 0.774. The van der Waals surface area contributed by atoms with Crippen molar-refractivity contribution in [3.63, 3.8) is 0 Å². The molecule has 0 saturated carbocycles.